The first kappa shape index (κ1) is 11.0. The lowest BCUT2D eigenvalue weighted by molar-refractivity contribution is -0.131. The molecule has 2 N–H and O–H groups in total. The molecule has 0 aliphatic carbocycles. The van der Waals surface area contributed by atoms with Gasteiger partial charge in [0.25, 0.3) is 0 Å². The second kappa shape index (κ2) is 5.62. The van der Waals surface area contributed by atoms with Gasteiger partial charge in [0.15, 0.2) is 0 Å². The Morgan fingerprint density at radius 2 is 2.33 bits per heavy atom. The molecule has 0 aromatic rings. The van der Waals surface area contributed by atoms with Crippen LogP contribution in [0.5, 0.6) is 0 Å². The fraction of sp³-hybridized carbons (Fsp3) is 0.667. The molecule has 1 unspecified atom stereocenters. The van der Waals surface area contributed by atoms with E-state index in [0.29, 0.717) is 6.42 Å². The summed E-state index contributed by atoms with van der Waals surface area (Å²) in [5, 5.41) is 0. The van der Waals surface area contributed by atoms with Gasteiger partial charge in [-0.1, -0.05) is 6.92 Å². The first-order chi connectivity index (χ1) is 5.63. The predicted molar refractivity (Wildman–Crippen MR) is 49.4 cm³/mol. The third-order valence-electron chi connectivity index (χ3n) is 1.59. The molecular formula is C9H16N2O. The average molecular weight is 168 g/mol. The van der Waals surface area contributed by atoms with E-state index in [4.69, 9.17) is 12.2 Å². The number of hydrogen-bond donors (Lipinski definition) is 1. The average Bonchev–Trinajstić information content (AvgIpc) is 2.04. The molecule has 0 radical (unpaired) electrons. The third-order valence-corrected chi connectivity index (χ3v) is 1.59. The highest BCUT2D eigenvalue weighted by molar-refractivity contribution is 5.81. The first-order valence-electron chi connectivity index (χ1n) is 4.07. The predicted octanol–water partition coefficient (Wildman–Crippen LogP) is 0.205. The van der Waals surface area contributed by atoms with E-state index in [1.807, 2.05) is 6.92 Å². The zero-order valence-corrected chi connectivity index (χ0v) is 7.71. The summed E-state index contributed by atoms with van der Waals surface area (Å²) in [6, 6.07) is -0.536. The summed E-state index contributed by atoms with van der Waals surface area (Å²) in [7, 11) is 1.74. The van der Waals surface area contributed by atoms with Gasteiger partial charge in [-0.25, -0.2) is 0 Å². The van der Waals surface area contributed by atoms with Crippen molar-refractivity contribution in [2.75, 3.05) is 13.6 Å². The molecule has 3 nitrogen and oxygen atoms in total. The number of likely N-dealkylation sites (N-methyl/N-ethyl adjacent to an activating group) is 1. The van der Waals surface area contributed by atoms with Crippen LogP contribution in [0.15, 0.2) is 0 Å². The van der Waals surface area contributed by atoms with Crippen molar-refractivity contribution in [2.45, 2.75) is 25.8 Å². The molecule has 1 amide bonds. The van der Waals surface area contributed by atoms with Gasteiger partial charge in [-0.3, -0.25) is 4.79 Å². The number of nitrogens with zero attached hydrogens (tertiary/aromatic N) is 1. The van der Waals surface area contributed by atoms with Crippen molar-refractivity contribution in [3.63, 3.8) is 0 Å². The summed E-state index contributed by atoms with van der Waals surface area (Å²) in [5.74, 6) is 2.30. The van der Waals surface area contributed by atoms with Gasteiger partial charge >= 0.3 is 0 Å². The van der Waals surface area contributed by atoms with Gasteiger partial charge in [-0.15, -0.1) is 12.3 Å². The number of carbonyl (C=O) groups excluding carboxylic acids is 1. The molecule has 1 atom stereocenters. The molecule has 0 aliphatic heterocycles. The number of terminal acetylenes is 1. The van der Waals surface area contributed by atoms with Crippen molar-refractivity contribution in [1.29, 1.82) is 0 Å². The normalized spacial score (nSPS) is 11.8. The zero-order valence-electron chi connectivity index (χ0n) is 7.71. The Morgan fingerprint density at radius 1 is 1.75 bits per heavy atom. The number of nitrogens with two attached hydrogens (primary N) is 1. The Morgan fingerprint density at radius 3 is 2.75 bits per heavy atom. The lowest BCUT2D eigenvalue weighted by Crippen LogP contribution is -2.41. The molecule has 0 spiro atoms. The van der Waals surface area contributed by atoms with Gasteiger partial charge in [0, 0.05) is 20.0 Å². The maximum absolute atomic E-state index is 11.3. The number of rotatable bonds is 4. The second-order valence-corrected chi connectivity index (χ2v) is 2.77. The maximum atomic E-state index is 11.3. The minimum atomic E-state index is -0.536. The van der Waals surface area contributed by atoms with Crippen molar-refractivity contribution in [3.05, 3.63) is 0 Å². The van der Waals surface area contributed by atoms with Gasteiger partial charge in [-0.05, 0) is 6.42 Å². The van der Waals surface area contributed by atoms with E-state index < -0.39 is 6.04 Å². The van der Waals surface area contributed by atoms with Crippen molar-refractivity contribution >= 4 is 5.91 Å². The smallest absolute Gasteiger partial charge is 0.240 e. The zero-order chi connectivity index (χ0) is 9.56. The molecule has 68 valence electrons. The molecule has 12 heavy (non-hydrogen) atoms. The van der Waals surface area contributed by atoms with Gasteiger partial charge in [0.05, 0.1) is 6.04 Å². The van der Waals surface area contributed by atoms with Crippen LogP contribution in [0.1, 0.15) is 19.8 Å². The first-order valence-corrected chi connectivity index (χ1v) is 4.07. The Hall–Kier alpha value is -1.01. The Balaban J connectivity index is 3.93. The SMILES string of the molecule is C#CCC(N)C(=O)N(C)CCC. The quantitative estimate of drug-likeness (QED) is 0.610. The Labute approximate surface area is 73.9 Å². The second-order valence-electron chi connectivity index (χ2n) is 2.77. The lowest BCUT2D eigenvalue weighted by atomic mass is 10.2. The molecule has 0 saturated carbocycles. The largest absolute Gasteiger partial charge is 0.344 e. The van der Waals surface area contributed by atoms with Crippen LogP contribution in [0.2, 0.25) is 0 Å². The summed E-state index contributed by atoms with van der Waals surface area (Å²) < 4.78 is 0. The van der Waals surface area contributed by atoms with E-state index in [0.717, 1.165) is 13.0 Å². The van der Waals surface area contributed by atoms with E-state index in [9.17, 15) is 4.79 Å². The lowest BCUT2D eigenvalue weighted by Gasteiger charge is -2.19. The number of carbonyl (C=O) groups is 1. The molecule has 0 aliphatic rings. The van der Waals surface area contributed by atoms with E-state index in [-0.39, 0.29) is 5.91 Å². The molecule has 0 fully saturated rings. The van der Waals surface area contributed by atoms with Crippen LogP contribution in [-0.2, 0) is 4.79 Å². The summed E-state index contributed by atoms with van der Waals surface area (Å²) >= 11 is 0. The summed E-state index contributed by atoms with van der Waals surface area (Å²) in [6.45, 7) is 2.74. The van der Waals surface area contributed by atoms with Gasteiger partial charge in [0.2, 0.25) is 5.91 Å². The number of hydrogen-bond acceptors (Lipinski definition) is 2. The summed E-state index contributed by atoms with van der Waals surface area (Å²) in [5.41, 5.74) is 5.53. The van der Waals surface area contributed by atoms with Crippen LogP contribution in [-0.4, -0.2) is 30.4 Å². The summed E-state index contributed by atoms with van der Waals surface area (Å²) in [6.07, 6.45) is 6.29. The molecule has 0 aromatic carbocycles. The topological polar surface area (TPSA) is 46.3 Å². The molecule has 0 saturated heterocycles. The van der Waals surface area contributed by atoms with Crippen molar-refractivity contribution in [1.82, 2.24) is 4.90 Å². The highest BCUT2D eigenvalue weighted by Gasteiger charge is 2.15. The third kappa shape index (κ3) is 3.40. The molecule has 0 aromatic heterocycles. The fourth-order valence-electron chi connectivity index (χ4n) is 0.943. The van der Waals surface area contributed by atoms with Crippen LogP contribution < -0.4 is 5.73 Å². The fourth-order valence-corrected chi connectivity index (χ4v) is 0.943. The minimum Gasteiger partial charge on any atom is -0.344 e. The van der Waals surface area contributed by atoms with Crippen molar-refractivity contribution < 1.29 is 4.79 Å². The molecule has 0 bridgehead atoms. The van der Waals surface area contributed by atoms with E-state index in [2.05, 4.69) is 5.92 Å². The highest BCUT2D eigenvalue weighted by Crippen LogP contribution is 1.94. The van der Waals surface area contributed by atoms with Crippen LogP contribution in [0, 0.1) is 12.3 Å². The maximum Gasteiger partial charge on any atom is 0.240 e. The van der Waals surface area contributed by atoms with Crippen LogP contribution >= 0.6 is 0 Å². The summed E-state index contributed by atoms with van der Waals surface area (Å²) in [4.78, 5) is 12.9. The van der Waals surface area contributed by atoms with Crippen LogP contribution in [0.3, 0.4) is 0 Å². The Bertz CT molecular complexity index is 183. The molecular weight excluding hydrogens is 152 g/mol. The van der Waals surface area contributed by atoms with E-state index in [1.165, 1.54) is 0 Å². The van der Waals surface area contributed by atoms with Crippen LogP contribution in [0.4, 0.5) is 0 Å². The van der Waals surface area contributed by atoms with Gasteiger partial charge in [-0.2, -0.15) is 0 Å². The van der Waals surface area contributed by atoms with Crippen LogP contribution in [0.25, 0.3) is 0 Å². The van der Waals surface area contributed by atoms with Crippen molar-refractivity contribution in [3.8, 4) is 12.3 Å². The van der Waals surface area contributed by atoms with E-state index >= 15 is 0 Å². The monoisotopic (exact) mass is 168 g/mol. The standard InChI is InChI=1S/C9H16N2O/c1-4-6-8(10)9(12)11(3)7-5-2/h1,8H,5-7,10H2,2-3H3. The Kier molecular flexibility index (Phi) is 5.14. The van der Waals surface area contributed by atoms with Gasteiger partial charge < -0.3 is 10.6 Å². The molecule has 0 rings (SSSR count). The minimum absolute atomic E-state index is 0.0743. The van der Waals surface area contributed by atoms with Crippen molar-refractivity contribution in [2.24, 2.45) is 5.73 Å². The molecule has 3 heteroatoms. The highest BCUT2D eigenvalue weighted by atomic mass is 16.2. The van der Waals surface area contributed by atoms with E-state index in [1.54, 1.807) is 11.9 Å². The van der Waals surface area contributed by atoms with Gasteiger partial charge in [0.1, 0.15) is 0 Å². The molecule has 0 heterocycles. The number of amides is 1.